The minimum Gasteiger partial charge on any atom is -0.367 e. The molecule has 92 valence electrons. The van der Waals surface area contributed by atoms with Crippen LogP contribution < -0.4 is 11.1 Å². The number of nitrogens with two attached hydrogens (primary N) is 1. The molecule has 1 rings (SSSR count). The number of carbonyl (C=O) groups excluding carboxylic acids is 2. The number of amides is 2. The van der Waals surface area contributed by atoms with Crippen LogP contribution in [0.2, 0.25) is 5.02 Å². The summed E-state index contributed by atoms with van der Waals surface area (Å²) in [6.45, 7) is 0. The molecular weight excluding hydrogens is 251 g/mol. The zero-order valence-corrected chi connectivity index (χ0v) is 9.62. The van der Waals surface area contributed by atoms with Crippen LogP contribution in [0.1, 0.15) is 0 Å². The van der Waals surface area contributed by atoms with Crippen LogP contribution in [0.5, 0.6) is 0 Å². The molecule has 0 saturated carbocycles. The Balaban J connectivity index is 2.83. The van der Waals surface area contributed by atoms with Crippen LogP contribution in [0.25, 0.3) is 0 Å². The number of nitrogens with one attached hydrogen (secondary N) is 1. The fourth-order valence-electron chi connectivity index (χ4n) is 1.19. The maximum absolute atomic E-state index is 13.0. The molecule has 0 radical (unpaired) electrons. The van der Waals surface area contributed by atoms with Gasteiger partial charge in [-0.25, -0.2) is 4.39 Å². The Bertz CT molecular complexity index is 433. The van der Waals surface area contributed by atoms with E-state index in [-0.39, 0.29) is 10.7 Å². The van der Waals surface area contributed by atoms with E-state index in [1.165, 1.54) is 6.07 Å². The first-order valence-corrected chi connectivity index (χ1v) is 4.91. The number of primary amides is 1. The van der Waals surface area contributed by atoms with Crippen LogP contribution in [0.3, 0.4) is 0 Å². The van der Waals surface area contributed by atoms with Crippen molar-refractivity contribution in [3.63, 3.8) is 0 Å². The zero-order valence-electron chi connectivity index (χ0n) is 8.87. The summed E-state index contributed by atoms with van der Waals surface area (Å²) in [4.78, 5) is 22.3. The minimum atomic E-state index is -1.43. The highest BCUT2D eigenvalue weighted by atomic mass is 35.5. The minimum absolute atomic E-state index is 0.114. The van der Waals surface area contributed by atoms with Gasteiger partial charge in [0.25, 0.3) is 11.8 Å². The van der Waals surface area contributed by atoms with Gasteiger partial charge in [-0.3, -0.25) is 9.59 Å². The number of carbonyl (C=O) groups is 2. The van der Waals surface area contributed by atoms with E-state index in [1.807, 2.05) is 0 Å². The molecule has 0 aliphatic carbocycles. The molecule has 1 unspecified atom stereocenters. The quantitative estimate of drug-likeness (QED) is 0.790. The predicted octanol–water partition coefficient (Wildman–Crippen LogP) is 0.918. The van der Waals surface area contributed by atoms with Crippen LogP contribution in [0, 0.1) is 5.82 Å². The fourth-order valence-corrected chi connectivity index (χ4v) is 1.41. The summed E-state index contributed by atoms with van der Waals surface area (Å²) in [6.07, 6.45) is -1.43. The van der Waals surface area contributed by atoms with Gasteiger partial charge in [0.2, 0.25) is 6.10 Å². The third-order valence-electron chi connectivity index (χ3n) is 1.86. The third kappa shape index (κ3) is 3.69. The van der Waals surface area contributed by atoms with Gasteiger partial charge in [-0.05, 0) is 18.2 Å². The second-order valence-corrected chi connectivity index (χ2v) is 3.60. The third-order valence-corrected chi connectivity index (χ3v) is 2.08. The van der Waals surface area contributed by atoms with Gasteiger partial charge in [-0.15, -0.1) is 0 Å². The summed E-state index contributed by atoms with van der Waals surface area (Å²) >= 11 is 5.60. The number of anilines is 1. The summed E-state index contributed by atoms with van der Waals surface area (Å²) in [5.74, 6) is -2.34. The summed E-state index contributed by atoms with van der Waals surface area (Å²) in [6, 6.07) is 3.47. The van der Waals surface area contributed by atoms with Gasteiger partial charge in [0.15, 0.2) is 0 Å². The van der Waals surface area contributed by atoms with Crippen LogP contribution >= 0.6 is 11.6 Å². The number of hydrogen-bond acceptors (Lipinski definition) is 3. The normalized spacial score (nSPS) is 11.9. The molecule has 0 bridgehead atoms. The molecule has 0 aliphatic heterocycles. The lowest BCUT2D eigenvalue weighted by atomic mass is 10.2. The molecule has 5 nitrogen and oxygen atoms in total. The first-order chi connectivity index (χ1) is 7.93. The van der Waals surface area contributed by atoms with Gasteiger partial charge in [-0.2, -0.15) is 0 Å². The lowest BCUT2D eigenvalue weighted by Crippen LogP contribution is -2.40. The average molecular weight is 261 g/mol. The van der Waals surface area contributed by atoms with Gasteiger partial charge in [-0.1, -0.05) is 11.6 Å². The van der Waals surface area contributed by atoms with Crippen molar-refractivity contribution in [3.05, 3.63) is 29.0 Å². The van der Waals surface area contributed by atoms with Crippen molar-refractivity contribution in [3.8, 4) is 0 Å². The summed E-state index contributed by atoms with van der Waals surface area (Å²) in [7, 11) is 1.16. The molecule has 1 atom stereocenters. The molecule has 0 spiro atoms. The number of ether oxygens (including phenoxy) is 1. The first kappa shape index (κ1) is 13.4. The molecule has 7 heteroatoms. The SMILES string of the molecule is COC(C(N)=O)C(=O)Nc1cc(F)cc(Cl)c1. The molecule has 3 N–H and O–H groups in total. The zero-order chi connectivity index (χ0) is 13.0. The summed E-state index contributed by atoms with van der Waals surface area (Å²) in [5.41, 5.74) is 5.05. The van der Waals surface area contributed by atoms with Crippen molar-refractivity contribution >= 4 is 29.1 Å². The van der Waals surface area contributed by atoms with Gasteiger partial charge >= 0.3 is 0 Å². The molecule has 0 aromatic heterocycles. The molecule has 2 amide bonds. The molecule has 1 aromatic carbocycles. The van der Waals surface area contributed by atoms with E-state index in [4.69, 9.17) is 17.3 Å². The Hall–Kier alpha value is -1.66. The maximum atomic E-state index is 13.0. The van der Waals surface area contributed by atoms with Gasteiger partial charge in [0.1, 0.15) is 5.82 Å². The lowest BCUT2D eigenvalue weighted by molar-refractivity contribution is -0.138. The van der Waals surface area contributed by atoms with Crippen molar-refractivity contribution in [1.82, 2.24) is 0 Å². The topological polar surface area (TPSA) is 81.4 Å². The Morgan fingerprint density at radius 3 is 2.59 bits per heavy atom. The molecule has 17 heavy (non-hydrogen) atoms. The lowest BCUT2D eigenvalue weighted by Gasteiger charge is -2.12. The molecular formula is C10H10ClFN2O3. The smallest absolute Gasteiger partial charge is 0.263 e. The van der Waals surface area contributed by atoms with Crippen molar-refractivity contribution in [1.29, 1.82) is 0 Å². The Kier molecular flexibility index (Phi) is 4.42. The second-order valence-electron chi connectivity index (χ2n) is 3.17. The van der Waals surface area contributed by atoms with Crippen molar-refractivity contribution < 1.29 is 18.7 Å². The number of hydrogen-bond donors (Lipinski definition) is 2. The van der Waals surface area contributed by atoms with Crippen LogP contribution in [0.4, 0.5) is 10.1 Å². The van der Waals surface area contributed by atoms with E-state index in [9.17, 15) is 14.0 Å². The maximum Gasteiger partial charge on any atom is 0.263 e. The second kappa shape index (κ2) is 5.60. The van der Waals surface area contributed by atoms with Crippen LogP contribution in [0.15, 0.2) is 18.2 Å². The fraction of sp³-hybridized carbons (Fsp3) is 0.200. The van der Waals surface area contributed by atoms with E-state index in [1.54, 1.807) is 0 Å². The number of methoxy groups -OCH3 is 1. The Labute approximate surface area is 102 Å². The van der Waals surface area contributed by atoms with E-state index >= 15 is 0 Å². The highest BCUT2D eigenvalue weighted by Gasteiger charge is 2.23. The monoisotopic (exact) mass is 260 g/mol. The molecule has 0 aliphatic rings. The summed E-state index contributed by atoms with van der Waals surface area (Å²) in [5, 5.41) is 2.39. The predicted molar refractivity (Wildman–Crippen MR) is 60.0 cm³/mol. The highest BCUT2D eigenvalue weighted by Crippen LogP contribution is 2.18. The first-order valence-electron chi connectivity index (χ1n) is 4.53. The molecule has 0 heterocycles. The Morgan fingerprint density at radius 2 is 2.12 bits per heavy atom. The molecule has 0 fully saturated rings. The van der Waals surface area contributed by atoms with E-state index in [2.05, 4.69) is 10.1 Å². The number of benzene rings is 1. The standard InChI is InChI=1S/C10H10ClFN2O3/c1-17-8(9(13)15)10(16)14-7-3-5(11)2-6(12)4-7/h2-4,8H,1H3,(H2,13,15)(H,14,16). The molecule has 0 saturated heterocycles. The van der Waals surface area contributed by atoms with E-state index in [0.29, 0.717) is 0 Å². The molecule has 1 aromatic rings. The van der Waals surface area contributed by atoms with E-state index in [0.717, 1.165) is 19.2 Å². The largest absolute Gasteiger partial charge is 0.367 e. The van der Waals surface area contributed by atoms with Crippen molar-refractivity contribution in [2.75, 3.05) is 12.4 Å². The summed E-state index contributed by atoms with van der Waals surface area (Å²) < 4.78 is 17.6. The highest BCUT2D eigenvalue weighted by molar-refractivity contribution is 6.31. The average Bonchev–Trinajstić information content (AvgIpc) is 2.15. The van der Waals surface area contributed by atoms with Crippen LogP contribution in [-0.2, 0) is 14.3 Å². The van der Waals surface area contributed by atoms with Gasteiger partial charge in [0, 0.05) is 17.8 Å². The Morgan fingerprint density at radius 1 is 1.47 bits per heavy atom. The van der Waals surface area contributed by atoms with Crippen LogP contribution in [-0.4, -0.2) is 25.0 Å². The van der Waals surface area contributed by atoms with Gasteiger partial charge in [0.05, 0.1) is 0 Å². The van der Waals surface area contributed by atoms with Gasteiger partial charge < -0.3 is 15.8 Å². The van der Waals surface area contributed by atoms with Crippen molar-refractivity contribution in [2.45, 2.75) is 6.10 Å². The van der Waals surface area contributed by atoms with Crippen molar-refractivity contribution in [2.24, 2.45) is 5.73 Å². The number of rotatable bonds is 4. The van der Waals surface area contributed by atoms with E-state index < -0.39 is 23.7 Å². The number of halogens is 2.